The molecule has 0 N–H and O–H groups in total. The second-order valence-electron chi connectivity index (χ2n) is 2.82. The van der Waals surface area contributed by atoms with Gasteiger partial charge in [0, 0.05) is 34.2 Å². The van der Waals surface area contributed by atoms with Crippen LogP contribution >= 0.6 is 34.2 Å². The maximum atomic E-state index is 11.2. The first-order chi connectivity index (χ1) is 6.86. The molecule has 0 aliphatic carbocycles. The first-order valence-electron chi connectivity index (χ1n) is 4.05. The fourth-order valence-corrected chi connectivity index (χ4v) is 2.59. The second kappa shape index (κ2) is 4.78. The third kappa shape index (κ3) is 3.14. The maximum absolute atomic E-state index is 11.2. The van der Waals surface area contributed by atoms with E-state index in [4.69, 9.17) is 34.2 Å². The van der Waals surface area contributed by atoms with E-state index in [1.165, 1.54) is 12.1 Å². The number of nitrogens with zero attached hydrogens (tertiary/aromatic N) is 1. The van der Waals surface area contributed by atoms with Gasteiger partial charge in [0.1, 0.15) is 0 Å². The van der Waals surface area contributed by atoms with Gasteiger partial charge in [-0.3, -0.25) is 0 Å². The Morgan fingerprint density at radius 3 is 2.33 bits per heavy atom. The van der Waals surface area contributed by atoms with Gasteiger partial charge in [0.2, 0.25) is 0 Å². The molecular formula is C8H8Cl3NO2S. The molecule has 0 saturated carbocycles. The molecule has 0 spiro atoms. The average molecular weight is 289 g/mol. The molecule has 0 aromatic heterocycles. The lowest BCUT2D eigenvalue weighted by Crippen LogP contribution is -2.00. The minimum absolute atomic E-state index is 0.0885. The minimum Gasteiger partial charge on any atom is -0.207 e. The molecule has 84 valence electrons. The topological polar surface area (TPSA) is 37.4 Å². The molecule has 0 radical (unpaired) electrons. The van der Waals surface area contributed by atoms with Gasteiger partial charge < -0.3 is 0 Å². The van der Waals surface area contributed by atoms with E-state index in [1.807, 2.05) is 6.92 Å². The van der Waals surface area contributed by atoms with Crippen molar-refractivity contribution in [2.24, 2.45) is 0 Å². The Bertz CT molecular complexity index is 459. The van der Waals surface area contributed by atoms with Gasteiger partial charge >= 0.3 is 0 Å². The SMILES string of the molecule is CCc1cc(N(Cl)Cl)ccc1S(=O)(=O)Cl. The zero-order chi connectivity index (χ0) is 11.6. The molecule has 1 aromatic rings. The molecule has 0 atom stereocenters. The highest BCUT2D eigenvalue weighted by Gasteiger charge is 2.15. The van der Waals surface area contributed by atoms with Crippen molar-refractivity contribution in [2.45, 2.75) is 18.2 Å². The van der Waals surface area contributed by atoms with Gasteiger partial charge in [-0.2, -0.15) is 3.94 Å². The molecule has 0 unspecified atom stereocenters. The van der Waals surface area contributed by atoms with Gasteiger partial charge in [-0.25, -0.2) is 8.42 Å². The normalized spacial score (nSPS) is 11.5. The number of rotatable bonds is 3. The molecule has 1 rings (SSSR count). The number of hydrogen-bond acceptors (Lipinski definition) is 3. The van der Waals surface area contributed by atoms with Crippen LogP contribution in [0.5, 0.6) is 0 Å². The summed E-state index contributed by atoms with van der Waals surface area (Å²) in [4.78, 5) is 0.0885. The van der Waals surface area contributed by atoms with Crippen molar-refractivity contribution in [3.05, 3.63) is 23.8 Å². The summed E-state index contributed by atoms with van der Waals surface area (Å²) >= 11 is 11.0. The predicted molar refractivity (Wildman–Crippen MR) is 63.0 cm³/mol. The highest BCUT2D eigenvalue weighted by atomic mass is 35.7. The quantitative estimate of drug-likeness (QED) is 0.633. The summed E-state index contributed by atoms with van der Waals surface area (Å²) < 4.78 is 23.2. The smallest absolute Gasteiger partial charge is 0.207 e. The molecule has 0 heterocycles. The number of anilines is 1. The van der Waals surface area contributed by atoms with Gasteiger partial charge in [0.05, 0.1) is 10.6 Å². The molecule has 0 bridgehead atoms. The van der Waals surface area contributed by atoms with E-state index in [1.54, 1.807) is 6.07 Å². The minimum atomic E-state index is -3.72. The fraction of sp³-hybridized carbons (Fsp3) is 0.250. The Kier molecular flexibility index (Phi) is 4.12. The third-order valence-electron chi connectivity index (χ3n) is 1.88. The first kappa shape index (κ1) is 12.9. The Labute approximate surface area is 103 Å². The van der Waals surface area contributed by atoms with E-state index in [0.717, 1.165) is 3.94 Å². The molecule has 0 saturated heterocycles. The van der Waals surface area contributed by atoms with E-state index >= 15 is 0 Å². The van der Waals surface area contributed by atoms with Crippen LogP contribution in [0, 0.1) is 0 Å². The standard InChI is InChI=1S/C8H8Cl3NO2S/c1-2-6-5-7(12(9)10)3-4-8(6)15(11,13)14/h3-5H,2H2,1H3. The molecule has 0 amide bonds. The molecule has 0 fully saturated rings. The van der Waals surface area contributed by atoms with E-state index in [9.17, 15) is 8.42 Å². The zero-order valence-corrected chi connectivity index (χ0v) is 10.8. The van der Waals surface area contributed by atoms with E-state index in [2.05, 4.69) is 0 Å². The van der Waals surface area contributed by atoms with Crippen molar-refractivity contribution in [1.82, 2.24) is 0 Å². The Balaban J connectivity index is 3.34. The highest BCUT2D eigenvalue weighted by Crippen LogP contribution is 2.27. The number of halogens is 3. The monoisotopic (exact) mass is 287 g/mol. The van der Waals surface area contributed by atoms with E-state index in [0.29, 0.717) is 17.7 Å². The van der Waals surface area contributed by atoms with Crippen molar-refractivity contribution < 1.29 is 8.42 Å². The van der Waals surface area contributed by atoms with Crippen LogP contribution in [0.2, 0.25) is 0 Å². The highest BCUT2D eigenvalue weighted by molar-refractivity contribution is 8.13. The maximum Gasteiger partial charge on any atom is 0.261 e. The summed E-state index contributed by atoms with van der Waals surface area (Å²) in [5.74, 6) is 0. The molecule has 3 nitrogen and oxygen atoms in total. The Hall–Kier alpha value is -0.160. The molecule has 15 heavy (non-hydrogen) atoms. The summed E-state index contributed by atoms with van der Waals surface area (Å²) in [5, 5.41) is 0. The third-order valence-corrected chi connectivity index (χ3v) is 3.70. The molecular weight excluding hydrogens is 281 g/mol. The number of aryl methyl sites for hydroxylation is 1. The predicted octanol–water partition coefficient (Wildman–Crippen LogP) is 3.29. The van der Waals surface area contributed by atoms with Crippen molar-refractivity contribution in [3.63, 3.8) is 0 Å². The van der Waals surface area contributed by atoms with Crippen molar-refractivity contribution >= 4 is 49.0 Å². The molecule has 1 aromatic carbocycles. The summed E-state index contributed by atoms with van der Waals surface area (Å²) in [6.45, 7) is 1.82. The summed E-state index contributed by atoms with van der Waals surface area (Å²) in [7, 11) is 1.55. The van der Waals surface area contributed by atoms with Gasteiger partial charge in [-0.15, -0.1) is 0 Å². The Morgan fingerprint density at radius 1 is 1.33 bits per heavy atom. The van der Waals surface area contributed by atoms with Crippen LogP contribution < -0.4 is 3.94 Å². The van der Waals surface area contributed by atoms with Crippen LogP contribution in [0.3, 0.4) is 0 Å². The average Bonchev–Trinajstić information content (AvgIpc) is 2.15. The van der Waals surface area contributed by atoms with E-state index < -0.39 is 9.05 Å². The van der Waals surface area contributed by atoms with Gasteiger partial charge in [0.15, 0.2) is 0 Å². The van der Waals surface area contributed by atoms with Crippen molar-refractivity contribution in [3.8, 4) is 0 Å². The van der Waals surface area contributed by atoms with Crippen LogP contribution in [0.4, 0.5) is 5.69 Å². The number of hydrogen-bond donors (Lipinski definition) is 0. The van der Waals surface area contributed by atoms with Gasteiger partial charge in [0.25, 0.3) is 9.05 Å². The van der Waals surface area contributed by atoms with Crippen LogP contribution in [0.15, 0.2) is 23.1 Å². The van der Waals surface area contributed by atoms with Crippen LogP contribution in [-0.2, 0) is 15.5 Å². The fourth-order valence-electron chi connectivity index (χ4n) is 1.19. The van der Waals surface area contributed by atoms with Crippen molar-refractivity contribution in [2.75, 3.05) is 3.94 Å². The van der Waals surface area contributed by atoms with Crippen LogP contribution in [-0.4, -0.2) is 8.42 Å². The molecule has 0 aliphatic rings. The van der Waals surface area contributed by atoms with Gasteiger partial charge in [-0.1, -0.05) is 6.92 Å². The first-order valence-corrected chi connectivity index (χ1v) is 7.04. The van der Waals surface area contributed by atoms with Gasteiger partial charge in [-0.05, 0) is 30.2 Å². The second-order valence-corrected chi connectivity index (χ2v) is 6.20. The zero-order valence-electron chi connectivity index (χ0n) is 7.75. The Morgan fingerprint density at radius 2 is 1.93 bits per heavy atom. The van der Waals surface area contributed by atoms with Crippen LogP contribution in [0.25, 0.3) is 0 Å². The molecule has 7 heteroatoms. The molecule has 0 aliphatic heterocycles. The lowest BCUT2D eigenvalue weighted by molar-refractivity contribution is 0.608. The lowest BCUT2D eigenvalue weighted by Gasteiger charge is -2.10. The summed E-state index contributed by atoms with van der Waals surface area (Å²) in [6.07, 6.45) is 0.525. The number of benzene rings is 1. The summed E-state index contributed by atoms with van der Waals surface area (Å²) in [6, 6.07) is 4.44. The van der Waals surface area contributed by atoms with Crippen molar-refractivity contribution in [1.29, 1.82) is 0 Å². The largest absolute Gasteiger partial charge is 0.261 e. The summed E-state index contributed by atoms with van der Waals surface area (Å²) in [5.41, 5.74) is 1.08. The lowest BCUT2D eigenvalue weighted by atomic mass is 10.1. The van der Waals surface area contributed by atoms with E-state index in [-0.39, 0.29) is 4.90 Å². The van der Waals surface area contributed by atoms with Crippen LogP contribution in [0.1, 0.15) is 12.5 Å².